The predicted molar refractivity (Wildman–Crippen MR) is 85.6 cm³/mol. The van der Waals surface area contributed by atoms with Gasteiger partial charge >= 0.3 is 0 Å². The fourth-order valence-electron chi connectivity index (χ4n) is 1.98. The Bertz CT molecular complexity index is 497. The second-order valence-corrected chi connectivity index (χ2v) is 5.37. The molecule has 2 aromatic carbocycles. The highest BCUT2D eigenvalue weighted by atomic mass is 16.5. The molecule has 0 saturated carbocycles. The van der Waals surface area contributed by atoms with Crippen LogP contribution in [0.1, 0.15) is 19.8 Å². The lowest BCUT2D eigenvalue weighted by atomic mass is 10.1. The Morgan fingerprint density at radius 1 is 0.727 bits per heavy atom. The maximum Gasteiger partial charge on any atom is 0.119 e. The number of phenolic OH excluding ortho intramolecular Hbond substituents is 2. The van der Waals surface area contributed by atoms with Crippen LogP contribution in [0.25, 0.3) is 0 Å². The number of aromatic hydroxyl groups is 2. The standard InChI is InChI=1S/C18H22O4/c1-14(10-12-21-17-6-2-15(19)3-7-17)11-13-22-18-8-4-16(20)5-9-18/h2-9,14,19-20H,10-13H2,1H3. The number of ether oxygens (including phenoxy) is 2. The monoisotopic (exact) mass is 302 g/mol. The first-order chi connectivity index (χ1) is 10.6. The molecular weight excluding hydrogens is 280 g/mol. The Morgan fingerprint density at radius 3 is 1.45 bits per heavy atom. The fraction of sp³-hybridized carbons (Fsp3) is 0.333. The van der Waals surface area contributed by atoms with Crippen molar-refractivity contribution >= 4 is 0 Å². The number of benzene rings is 2. The van der Waals surface area contributed by atoms with E-state index in [9.17, 15) is 10.2 Å². The summed E-state index contributed by atoms with van der Waals surface area (Å²) in [6, 6.07) is 13.5. The normalized spacial score (nSPS) is 10.6. The van der Waals surface area contributed by atoms with Gasteiger partial charge in [0.2, 0.25) is 0 Å². The van der Waals surface area contributed by atoms with E-state index in [-0.39, 0.29) is 11.5 Å². The molecule has 2 N–H and O–H groups in total. The first-order valence-corrected chi connectivity index (χ1v) is 7.47. The minimum atomic E-state index is 0.243. The molecule has 2 rings (SSSR count). The molecule has 0 radical (unpaired) electrons. The zero-order chi connectivity index (χ0) is 15.8. The van der Waals surface area contributed by atoms with Crippen molar-refractivity contribution in [3.05, 3.63) is 48.5 Å². The van der Waals surface area contributed by atoms with Crippen LogP contribution in [0.3, 0.4) is 0 Å². The molecule has 0 heterocycles. The van der Waals surface area contributed by atoms with Gasteiger partial charge in [-0.1, -0.05) is 6.92 Å². The maximum atomic E-state index is 9.19. The minimum absolute atomic E-state index is 0.243. The Labute approximate surface area is 130 Å². The van der Waals surface area contributed by atoms with Crippen LogP contribution in [0.5, 0.6) is 23.0 Å². The highest BCUT2D eigenvalue weighted by Gasteiger charge is 2.04. The lowest BCUT2D eigenvalue weighted by Gasteiger charge is -2.13. The van der Waals surface area contributed by atoms with Gasteiger partial charge in [-0.15, -0.1) is 0 Å². The van der Waals surface area contributed by atoms with Gasteiger partial charge in [0, 0.05) is 0 Å². The van der Waals surface area contributed by atoms with Gasteiger partial charge in [-0.3, -0.25) is 0 Å². The SMILES string of the molecule is CC(CCOc1ccc(O)cc1)CCOc1ccc(O)cc1. The van der Waals surface area contributed by atoms with Crippen LogP contribution in [0, 0.1) is 5.92 Å². The van der Waals surface area contributed by atoms with Crippen molar-refractivity contribution in [2.75, 3.05) is 13.2 Å². The molecule has 2 aromatic rings. The van der Waals surface area contributed by atoms with Gasteiger partial charge in [0.15, 0.2) is 0 Å². The van der Waals surface area contributed by atoms with Crippen LogP contribution >= 0.6 is 0 Å². The van der Waals surface area contributed by atoms with E-state index >= 15 is 0 Å². The molecule has 4 nitrogen and oxygen atoms in total. The molecule has 0 unspecified atom stereocenters. The molecule has 22 heavy (non-hydrogen) atoms. The summed E-state index contributed by atoms with van der Waals surface area (Å²) in [5.41, 5.74) is 0. The van der Waals surface area contributed by atoms with E-state index in [2.05, 4.69) is 6.92 Å². The molecule has 0 saturated heterocycles. The first-order valence-electron chi connectivity index (χ1n) is 7.47. The lowest BCUT2D eigenvalue weighted by molar-refractivity contribution is 0.244. The van der Waals surface area contributed by atoms with Crippen molar-refractivity contribution in [1.29, 1.82) is 0 Å². The smallest absolute Gasteiger partial charge is 0.119 e. The molecule has 0 aromatic heterocycles. The van der Waals surface area contributed by atoms with Gasteiger partial charge in [0.1, 0.15) is 23.0 Å². The van der Waals surface area contributed by atoms with Crippen LogP contribution in [0.4, 0.5) is 0 Å². The van der Waals surface area contributed by atoms with Crippen molar-refractivity contribution in [3.8, 4) is 23.0 Å². The fourth-order valence-corrected chi connectivity index (χ4v) is 1.98. The third-order valence-corrected chi connectivity index (χ3v) is 3.43. The Balaban J connectivity index is 1.60. The third-order valence-electron chi connectivity index (χ3n) is 3.43. The molecule has 0 atom stereocenters. The largest absolute Gasteiger partial charge is 0.508 e. The van der Waals surface area contributed by atoms with E-state index < -0.39 is 0 Å². The van der Waals surface area contributed by atoms with E-state index in [1.165, 1.54) is 0 Å². The van der Waals surface area contributed by atoms with Crippen molar-refractivity contribution in [2.24, 2.45) is 5.92 Å². The zero-order valence-electron chi connectivity index (χ0n) is 12.7. The summed E-state index contributed by atoms with van der Waals surface area (Å²) in [5.74, 6) is 2.52. The summed E-state index contributed by atoms with van der Waals surface area (Å²) in [6.07, 6.45) is 1.89. The Kier molecular flexibility index (Phi) is 5.95. The molecule has 0 bridgehead atoms. The summed E-state index contributed by atoms with van der Waals surface area (Å²) >= 11 is 0. The van der Waals surface area contributed by atoms with Crippen molar-refractivity contribution in [3.63, 3.8) is 0 Å². The van der Waals surface area contributed by atoms with Gasteiger partial charge in [-0.05, 0) is 67.3 Å². The molecule has 4 heteroatoms. The average molecular weight is 302 g/mol. The van der Waals surface area contributed by atoms with Gasteiger partial charge < -0.3 is 19.7 Å². The number of rotatable bonds is 8. The molecule has 118 valence electrons. The second kappa shape index (κ2) is 8.17. The summed E-state index contributed by atoms with van der Waals surface area (Å²) in [5, 5.41) is 18.4. The Morgan fingerprint density at radius 2 is 1.09 bits per heavy atom. The van der Waals surface area contributed by atoms with Crippen molar-refractivity contribution in [1.82, 2.24) is 0 Å². The second-order valence-electron chi connectivity index (χ2n) is 5.37. The highest BCUT2D eigenvalue weighted by Crippen LogP contribution is 2.18. The van der Waals surface area contributed by atoms with Crippen LogP contribution in [-0.4, -0.2) is 23.4 Å². The summed E-state index contributed by atoms with van der Waals surface area (Å²) in [4.78, 5) is 0. The van der Waals surface area contributed by atoms with Gasteiger partial charge in [0.05, 0.1) is 13.2 Å². The average Bonchev–Trinajstić information content (AvgIpc) is 2.51. The van der Waals surface area contributed by atoms with Crippen LogP contribution in [0.15, 0.2) is 48.5 Å². The predicted octanol–water partition coefficient (Wildman–Crippen LogP) is 3.97. The summed E-state index contributed by atoms with van der Waals surface area (Å²) < 4.78 is 11.3. The molecule has 0 fully saturated rings. The van der Waals surface area contributed by atoms with Crippen LogP contribution in [0.2, 0.25) is 0 Å². The number of hydrogen-bond acceptors (Lipinski definition) is 4. The molecule has 0 spiro atoms. The maximum absolute atomic E-state index is 9.19. The Hall–Kier alpha value is -2.36. The molecule has 0 amide bonds. The number of phenols is 2. The summed E-state index contributed by atoms with van der Waals surface area (Å²) in [7, 11) is 0. The van der Waals surface area contributed by atoms with Gasteiger partial charge in [-0.2, -0.15) is 0 Å². The van der Waals surface area contributed by atoms with Crippen molar-refractivity contribution in [2.45, 2.75) is 19.8 Å². The lowest BCUT2D eigenvalue weighted by Crippen LogP contribution is -2.08. The van der Waals surface area contributed by atoms with E-state index in [1.54, 1.807) is 48.5 Å². The van der Waals surface area contributed by atoms with E-state index in [1.807, 2.05) is 0 Å². The van der Waals surface area contributed by atoms with E-state index in [0.717, 1.165) is 24.3 Å². The minimum Gasteiger partial charge on any atom is -0.508 e. The topological polar surface area (TPSA) is 58.9 Å². The summed E-state index contributed by atoms with van der Waals surface area (Å²) in [6.45, 7) is 3.46. The molecule has 0 aliphatic rings. The van der Waals surface area contributed by atoms with Crippen LogP contribution in [-0.2, 0) is 0 Å². The van der Waals surface area contributed by atoms with E-state index in [0.29, 0.717) is 19.1 Å². The molecule has 0 aliphatic carbocycles. The molecule has 0 aliphatic heterocycles. The first kappa shape index (κ1) is 16.0. The van der Waals surface area contributed by atoms with E-state index in [4.69, 9.17) is 9.47 Å². The highest BCUT2D eigenvalue weighted by molar-refractivity contribution is 5.30. The number of hydrogen-bond donors (Lipinski definition) is 2. The van der Waals surface area contributed by atoms with Crippen LogP contribution < -0.4 is 9.47 Å². The van der Waals surface area contributed by atoms with Gasteiger partial charge in [-0.25, -0.2) is 0 Å². The zero-order valence-corrected chi connectivity index (χ0v) is 12.7. The quantitative estimate of drug-likeness (QED) is 0.774. The van der Waals surface area contributed by atoms with Gasteiger partial charge in [0.25, 0.3) is 0 Å². The third kappa shape index (κ3) is 5.56. The van der Waals surface area contributed by atoms with Crippen molar-refractivity contribution < 1.29 is 19.7 Å². The molecular formula is C18H22O4.